The third-order valence-electron chi connectivity index (χ3n) is 3.79. The molecule has 0 aromatic heterocycles. The second-order valence-electron chi connectivity index (χ2n) is 5.62. The van der Waals surface area contributed by atoms with E-state index in [2.05, 4.69) is 0 Å². The standard InChI is InChI=1S/C15H19F2NO2/c1-15(20)6-3-8-18(9-7-15)13(19)10-11-4-2-5-12(16)14(11)17/h2,4-5,20H,3,6-10H2,1H3. The summed E-state index contributed by atoms with van der Waals surface area (Å²) in [5.74, 6) is -2.12. The predicted octanol–water partition coefficient (Wildman–Crippen LogP) is 2.27. The summed E-state index contributed by atoms with van der Waals surface area (Å²) in [7, 11) is 0. The zero-order valence-electron chi connectivity index (χ0n) is 11.5. The molecule has 0 bridgehead atoms. The molecule has 20 heavy (non-hydrogen) atoms. The monoisotopic (exact) mass is 283 g/mol. The first-order valence-corrected chi connectivity index (χ1v) is 6.82. The van der Waals surface area contributed by atoms with Crippen LogP contribution in [0.4, 0.5) is 8.78 Å². The predicted molar refractivity (Wildman–Crippen MR) is 71.1 cm³/mol. The maximum Gasteiger partial charge on any atom is 0.227 e. The maximum absolute atomic E-state index is 13.5. The van der Waals surface area contributed by atoms with Crippen LogP contribution in [0.15, 0.2) is 18.2 Å². The van der Waals surface area contributed by atoms with Crippen LogP contribution in [-0.2, 0) is 11.2 Å². The van der Waals surface area contributed by atoms with Gasteiger partial charge >= 0.3 is 0 Å². The van der Waals surface area contributed by atoms with Gasteiger partial charge in [-0.15, -0.1) is 0 Å². The molecule has 2 rings (SSSR count). The normalized spacial score (nSPS) is 23.5. The number of hydrogen-bond donors (Lipinski definition) is 1. The van der Waals surface area contributed by atoms with E-state index in [1.165, 1.54) is 12.1 Å². The fraction of sp³-hybridized carbons (Fsp3) is 0.533. The molecule has 5 heteroatoms. The molecule has 1 heterocycles. The minimum absolute atomic E-state index is 0.0750. The molecule has 1 aliphatic heterocycles. The van der Waals surface area contributed by atoms with Crippen molar-refractivity contribution in [3.63, 3.8) is 0 Å². The first-order valence-electron chi connectivity index (χ1n) is 6.82. The van der Waals surface area contributed by atoms with Gasteiger partial charge < -0.3 is 10.0 Å². The van der Waals surface area contributed by atoms with Gasteiger partial charge in [0.05, 0.1) is 12.0 Å². The van der Waals surface area contributed by atoms with Crippen molar-refractivity contribution in [2.75, 3.05) is 13.1 Å². The molecular formula is C15H19F2NO2. The van der Waals surface area contributed by atoms with E-state index >= 15 is 0 Å². The highest BCUT2D eigenvalue weighted by Gasteiger charge is 2.27. The van der Waals surface area contributed by atoms with Gasteiger partial charge in [0.2, 0.25) is 5.91 Å². The van der Waals surface area contributed by atoms with E-state index in [0.29, 0.717) is 32.4 Å². The van der Waals surface area contributed by atoms with Crippen molar-refractivity contribution in [2.24, 2.45) is 0 Å². The third-order valence-corrected chi connectivity index (χ3v) is 3.79. The molecule has 0 spiro atoms. The van der Waals surface area contributed by atoms with Gasteiger partial charge in [-0.25, -0.2) is 8.78 Å². The SMILES string of the molecule is CC1(O)CCCN(C(=O)Cc2cccc(F)c2F)CC1. The van der Waals surface area contributed by atoms with Gasteiger partial charge in [-0.05, 0) is 32.3 Å². The second kappa shape index (κ2) is 5.87. The Kier molecular flexibility index (Phi) is 4.38. The number of nitrogens with zero attached hydrogens (tertiary/aromatic N) is 1. The number of carbonyl (C=O) groups is 1. The maximum atomic E-state index is 13.5. The molecular weight excluding hydrogens is 264 g/mol. The number of hydrogen-bond acceptors (Lipinski definition) is 2. The van der Waals surface area contributed by atoms with Crippen LogP contribution in [0.3, 0.4) is 0 Å². The molecule has 1 aromatic carbocycles. The van der Waals surface area contributed by atoms with Crippen LogP contribution in [-0.4, -0.2) is 34.6 Å². The molecule has 1 unspecified atom stereocenters. The van der Waals surface area contributed by atoms with E-state index in [1.807, 2.05) is 0 Å². The van der Waals surface area contributed by atoms with Crippen LogP contribution < -0.4 is 0 Å². The molecule has 1 atom stereocenters. The molecule has 0 radical (unpaired) electrons. The van der Waals surface area contributed by atoms with E-state index in [-0.39, 0.29) is 17.9 Å². The first kappa shape index (κ1) is 14.9. The average Bonchev–Trinajstić information content (AvgIpc) is 2.56. The van der Waals surface area contributed by atoms with Gasteiger partial charge in [0.15, 0.2) is 11.6 Å². The quantitative estimate of drug-likeness (QED) is 0.904. The van der Waals surface area contributed by atoms with Gasteiger partial charge in [-0.1, -0.05) is 12.1 Å². The van der Waals surface area contributed by atoms with Crippen LogP contribution in [0.5, 0.6) is 0 Å². The lowest BCUT2D eigenvalue weighted by Crippen LogP contribution is -2.34. The average molecular weight is 283 g/mol. The lowest BCUT2D eigenvalue weighted by atomic mass is 9.98. The number of aliphatic hydroxyl groups is 1. The summed E-state index contributed by atoms with van der Waals surface area (Å²) in [4.78, 5) is 13.8. The van der Waals surface area contributed by atoms with Crippen molar-refractivity contribution in [2.45, 2.75) is 38.2 Å². The van der Waals surface area contributed by atoms with E-state index < -0.39 is 17.2 Å². The molecule has 1 fully saturated rings. The minimum Gasteiger partial charge on any atom is -0.390 e. The Labute approximate surface area is 117 Å². The van der Waals surface area contributed by atoms with Crippen LogP contribution in [0.25, 0.3) is 0 Å². The summed E-state index contributed by atoms with van der Waals surface area (Å²) >= 11 is 0. The minimum atomic E-state index is -0.956. The summed E-state index contributed by atoms with van der Waals surface area (Å²) < 4.78 is 26.7. The summed E-state index contributed by atoms with van der Waals surface area (Å²) in [6, 6.07) is 3.85. The van der Waals surface area contributed by atoms with E-state index in [1.54, 1.807) is 11.8 Å². The number of halogens is 2. The number of likely N-dealkylation sites (tertiary alicyclic amines) is 1. The van der Waals surface area contributed by atoms with Crippen molar-refractivity contribution in [3.8, 4) is 0 Å². The molecule has 110 valence electrons. The number of carbonyl (C=O) groups excluding carboxylic acids is 1. The number of benzene rings is 1. The van der Waals surface area contributed by atoms with Crippen molar-refractivity contribution < 1.29 is 18.7 Å². The molecule has 1 amide bonds. The van der Waals surface area contributed by atoms with Crippen LogP contribution in [0, 0.1) is 11.6 Å². The van der Waals surface area contributed by atoms with Crippen molar-refractivity contribution in [1.29, 1.82) is 0 Å². The van der Waals surface area contributed by atoms with E-state index in [9.17, 15) is 18.7 Å². The smallest absolute Gasteiger partial charge is 0.227 e. The first-order chi connectivity index (χ1) is 9.39. The molecule has 0 saturated carbocycles. The number of rotatable bonds is 2. The Balaban J connectivity index is 2.03. The largest absolute Gasteiger partial charge is 0.390 e. The molecule has 3 nitrogen and oxygen atoms in total. The van der Waals surface area contributed by atoms with Gasteiger partial charge in [0, 0.05) is 18.7 Å². The Morgan fingerprint density at radius 3 is 2.85 bits per heavy atom. The Hall–Kier alpha value is -1.49. The van der Waals surface area contributed by atoms with Crippen LogP contribution in [0.1, 0.15) is 31.7 Å². The van der Waals surface area contributed by atoms with Crippen molar-refractivity contribution >= 4 is 5.91 Å². The molecule has 1 aromatic rings. The van der Waals surface area contributed by atoms with E-state index in [0.717, 1.165) is 6.07 Å². The Bertz CT molecular complexity index is 503. The topological polar surface area (TPSA) is 40.5 Å². The van der Waals surface area contributed by atoms with E-state index in [4.69, 9.17) is 0 Å². The van der Waals surface area contributed by atoms with Gasteiger partial charge in [-0.3, -0.25) is 4.79 Å². The molecule has 1 aliphatic rings. The van der Waals surface area contributed by atoms with Crippen LogP contribution in [0.2, 0.25) is 0 Å². The molecule has 1 N–H and O–H groups in total. The highest BCUT2D eigenvalue weighted by molar-refractivity contribution is 5.78. The summed E-state index contributed by atoms with van der Waals surface area (Å²) in [5.41, 5.74) is -0.676. The third kappa shape index (κ3) is 3.54. The van der Waals surface area contributed by atoms with Gasteiger partial charge in [-0.2, -0.15) is 0 Å². The summed E-state index contributed by atoms with van der Waals surface area (Å²) in [6.45, 7) is 2.75. The lowest BCUT2D eigenvalue weighted by molar-refractivity contribution is -0.130. The zero-order chi connectivity index (χ0) is 14.8. The summed E-state index contributed by atoms with van der Waals surface area (Å²) in [6.07, 6.45) is 1.71. The fourth-order valence-corrected chi connectivity index (χ4v) is 2.47. The second-order valence-corrected chi connectivity index (χ2v) is 5.62. The Morgan fingerprint density at radius 1 is 1.35 bits per heavy atom. The van der Waals surface area contributed by atoms with Gasteiger partial charge in [0.1, 0.15) is 0 Å². The number of amides is 1. The summed E-state index contributed by atoms with van der Waals surface area (Å²) in [5, 5.41) is 9.98. The van der Waals surface area contributed by atoms with Crippen LogP contribution >= 0.6 is 0 Å². The highest BCUT2D eigenvalue weighted by atomic mass is 19.2. The van der Waals surface area contributed by atoms with Crippen molar-refractivity contribution in [1.82, 2.24) is 4.90 Å². The lowest BCUT2D eigenvalue weighted by Gasteiger charge is -2.22. The van der Waals surface area contributed by atoms with Gasteiger partial charge in [0.25, 0.3) is 0 Å². The molecule has 0 aliphatic carbocycles. The fourth-order valence-electron chi connectivity index (χ4n) is 2.47. The van der Waals surface area contributed by atoms with Crippen molar-refractivity contribution in [3.05, 3.63) is 35.4 Å². The molecule has 1 saturated heterocycles. The highest BCUT2D eigenvalue weighted by Crippen LogP contribution is 2.22. The Morgan fingerprint density at radius 2 is 2.10 bits per heavy atom. The zero-order valence-corrected chi connectivity index (χ0v) is 11.5.